The zero-order valence-electron chi connectivity index (χ0n) is 16.6. The standard InChI is InChI=1S/C22H17N3O4S2/c1-13-18(20(27)25(23(13)2)15-9-4-3-5-10-15)24-19(26)17(31-22(24)30)12-14-8-6-7-11-16(14)21(28)29/h3-12H,1-2H3,(H,28,29)/p-1/b17-12-. The molecule has 1 aliphatic rings. The van der Waals surface area contributed by atoms with Crippen LogP contribution in [0.2, 0.25) is 0 Å². The van der Waals surface area contributed by atoms with Crippen molar-refractivity contribution < 1.29 is 14.7 Å². The Morgan fingerprint density at radius 2 is 1.71 bits per heavy atom. The van der Waals surface area contributed by atoms with Gasteiger partial charge in [-0.25, -0.2) is 4.68 Å². The number of carboxylic acids is 1. The molecule has 156 valence electrons. The summed E-state index contributed by atoms with van der Waals surface area (Å²) in [5, 5.41) is 11.4. The molecule has 0 aliphatic carbocycles. The van der Waals surface area contributed by atoms with Gasteiger partial charge in [-0.15, -0.1) is 0 Å². The van der Waals surface area contributed by atoms with E-state index >= 15 is 0 Å². The van der Waals surface area contributed by atoms with E-state index in [0.717, 1.165) is 11.8 Å². The van der Waals surface area contributed by atoms with E-state index in [1.807, 2.05) is 18.2 Å². The zero-order valence-corrected chi connectivity index (χ0v) is 18.2. The number of aromatic nitrogens is 2. The third kappa shape index (κ3) is 3.51. The van der Waals surface area contributed by atoms with E-state index in [1.54, 1.807) is 49.0 Å². The predicted molar refractivity (Wildman–Crippen MR) is 122 cm³/mol. The van der Waals surface area contributed by atoms with Crippen molar-refractivity contribution in [2.75, 3.05) is 4.90 Å². The summed E-state index contributed by atoms with van der Waals surface area (Å²) in [4.78, 5) is 39.3. The number of carboxylic acid groups (broad SMARTS) is 1. The van der Waals surface area contributed by atoms with Crippen molar-refractivity contribution in [2.24, 2.45) is 7.05 Å². The molecular formula is C22H16N3O4S2-. The quantitative estimate of drug-likeness (QED) is 0.448. The lowest BCUT2D eigenvalue weighted by molar-refractivity contribution is -0.255. The molecule has 1 saturated heterocycles. The Hall–Kier alpha value is -3.43. The van der Waals surface area contributed by atoms with Crippen LogP contribution in [0.5, 0.6) is 0 Å². The smallest absolute Gasteiger partial charge is 0.296 e. The number of thiocarbonyl (C=S) groups is 1. The summed E-state index contributed by atoms with van der Waals surface area (Å²) in [7, 11) is 1.73. The molecule has 0 radical (unpaired) electrons. The molecule has 2 heterocycles. The molecule has 31 heavy (non-hydrogen) atoms. The normalized spacial score (nSPS) is 15.2. The molecule has 0 unspecified atom stereocenters. The van der Waals surface area contributed by atoms with Crippen molar-refractivity contribution >= 4 is 51.9 Å². The van der Waals surface area contributed by atoms with Gasteiger partial charge < -0.3 is 9.90 Å². The van der Waals surface area contributed by atoms with Gasteiger partial charge in [0.1, 0.15) is 5.69 Å². The second-order valence-corrected chi connectivity index (χ2v) is 8.48. The predicted octanol–water partition coefficient (Wildman–Crippen LogP) is 2.25. The highest BCUT2D eigenvalue weighted by Gasteiger charge is 2.37. The first-order chi connectivity index (χ1) is 14.8. The summed E-state index contributed by atoms with van der Waals surface area (Å²) in [6.45, 7) is 1.74. The van der Waals surface area contributed by atoms with Crippen LogP contribution in [0.25, 0.3) is 11.8 Å². The molecule has 0 N–H and O–H groups in total. The van der Waals surface area contributed by atoms with E-state index in [1.165, 1.54) is 21.7 Å². The average Bonchev–Trinajstić information content (AvgIpc) is 3.14. The van der Waals surface area contributed by atoms with Crippen LogP contribution in [-0.4, -0.2) is 25.6 Å². The molecule has 0 atom stereocenters. The van der Waals surface area contributed by atoms with Gasteiger partial charge in [0.05, 0.1) is 22.3 Å². The minimum atomic E-state index is -1.34. The number of hydrogen-bond donors (Lipinski definition) is 0. The number of anilines is 1. The van der Waals surface area contributed by atoms with Crippen LogP contribution in [0, 0.1) is 6.92 Å². The lowest BCUT2D eigenvalue weighted by atomic mass is 10.1. The molecular weight excluding hydrogens is 434 g/mol. The maximum absolute atomic E-state index is 13.3. The lowest BCUT2D eigenvalue weighted by Crippen LogP contribution is -2.33. The first-order valence-electron chi connectivity index (χ1n) is 9.23. The summed E-state index contributed by atoms with van der Waals surface area (Å²) < 4.78 is 3.34. The Bertz CT molecular complexity index is 1320. The van der Waals surface area contributed by atoms with Crippen LogP contribution in [0.3, 0.4) is 0 Å². The van der Waals surface area contributed by atoms with Crippen molar-refractivity contribution in [3.05, 3.63) is 86.7 Å². The van der Waals surface area contributed by atoms with Gasteiger partial charge in [0.25, 0.3) is 11.5 Å². The van der Waals surface area contributed by atoms with E-state index in [-0.39, 0.29) is 26.0 Å². The van der Waals surface area contributed by atoms with Crippen molar-refractivity contribution in [2.45, 2.75) is 6.92 Å². The van der Waals surface area contributed by atoms with Gasteiger partial charge in [-0.1, -0.05) is 66.4 Å². The highest BCUT2D eigenvalue weighted by molar-refractivity contribution is 8.27. The largest absolute Gasteiger partial charge is 0.545 e. The fraction of sp³-hybridized carbons (Fsp3) is 0.0909. The zero-order chi connectivity index (χ0) is 22.3. The lowest BCUT2D eigenvalue weighted by Gasteiger charge is -2.12. The maximum atomic E-state index is 13.3. The monoisotopic (exact) mass is 450 g/mol. The van der Waals surface area contributed by atoms with Gasteiger partial charge in [-0.05, 0) is 30.7 Å². The van der Waals surface area contributed by atoms with Gasteiger partial charge >= 0.3 is 0 Å². The van der Waals surface area contributed by atoms with Crippen LogP contribution in [0.4, 0.5) is 5.69 Å². The number of thioether (sulfide) groups is 1. The number of carbonyl (C=O) groups is 2. The topological polar surface area (TPSA) is 87.4 Å². The van der Waals surface area contributed by atoms with E-state index in [9.17, 15) is 19.5 Å². The Kier molecular flexibility index (Phi) is 5.38. The molecule has 0 spiro atoms. The number of aromatic carboxylic acids is 1. The van der Waals surface area contributed by atoms with Gasteiger partial charge in [-0.2, -0.15) is 0 Å². The summed E-state index contributed by atoms with van der Waals surface area (Å²) in [5.74, 6) is -1.82. The van der Waals surface area contributed by atoms with Crippen LogP contribution in [-0.2, 0) is 11.8 Å². The number of para-hydroxylation sites is 1. The summed E-state index contributed by atoms with van der Waals surface area (Å²) in [6.07, 6.45) is 1.46. The van der Waals surface area contributed by atoms with Gasteiger partial charge in [0.2, 0.25) is 0 Å². The molecule has 2 aromatic carbocycles. The number of nitrogens with zero attached hydrogens (tertiary/aromatic N) is 3. The first kappa shape index (κ1) is 20.8. The highest BCUT2D eigenvalue weighted by atomic mass is 32.2. The number of carbonyl (C=O) groups excluding carboxylic acids is 2. The third-order valence-corrected chi connectivity index (χ3v) is 6.31. The van der Waals surface area contributed by atoms with Crippen molar-refractivity contribution in [1.82, 2.24) is 9.36 Å². The Morgan fingerprint density at radius 1 is 1.06 bits per heavy atom. The molecule has 9 heteroatoms. The molecule has 0 bridgehead atoms. The van der Waals surface area contributed by atoms with Gasteiger partial charge in [0, 0.05) is 12.6 Å². The summed E-state index contributed by atoms with van der Waals surface area (Å²) in [6, 6.07) is 15.3. The summed E-state index contributed by atoms with van der Waals surface area (Å²) >= 11 is 6.43. The second-order valence-electron chi connectivity index (χ2n) is 6.80. The fourth-order valence-corrected chi connectivity index (χ4v) is 4.68. The Balaban J connectivity index is 1.80. The maximum Gasteiger partial charge on any atom is 0.296 e. The van der Waals surface area contributed by atoms with Crippen molar-refractivity contribution in [1.29, 1.82) is 0 Å². The number of benzene rings is 2. The molecule has 1 fully saturated rings. The van der Waals surface area contributed by atoms with Crippen molar-refractivity contribution in [3.63, 3.8) is 0 Å². The van der Waals surface area contributed by atoms with E-state index in [0.29, 0.717) is 16.9 Å². The molecule has 0 saturated carbocycles. The van der Waals surface area contributed by atoms with E-state index < -0.39 is 11.9 Å². The molecule has 3 aromatic rings. The van der Waals surface area contributed by atoms with Crippen LogP contribution in [0.1, 0.15) is 21.6 Å². The van der Waals surface area contributed by atoms with Crippen LogP contribution < -0.4 is 15.6 Å². The second kappa shape index (κ2) is 8.01. The molecule has 4 rings (SSSR count). The molecule has 1 amide bonds. The minimum absolute atomic E-state index is 0.0323. The molecule has 1 aromatic heterocycles. The van der Waals surface area contributed by atoms with Gasteiger partial charge in [-0.3, -0.25) is 19.2 Å². The molecule has 1 aliphatic heterocycles. The van der Waals surface area contributed by atoms with Crippen LogP contribution in [0.15, 0.2) is 64.3 Å². The minimum Gasteiger partial charge on any atom is -0.545 e. The van der Waals surface area contributed by atoms with Crippen LogP contribution >= 0.6 is 24.0 Å². The Labute approximate surface area is 187 Å². The van der Waals surface area contributed by atoms with E-state index in [2.05, 4.69) is 0 Å². The van der Waals surface area contributed by atoms with Gasteiger partial charge in [0.15, 0.2) is 4.32 Å². The number of hydrogen-bond acceptors (Lipinski definition) is 6. The third-order valence-electron chi connectivity index (χ3n) is 5.01. The first-order valence-corrected chi connectivity index (χ1v) is 10.5. The summed E-state index contributed by atoms with van der Waals surface area (Å²) in [5.41, 5.74) is 1.32. The SMILES string of the molecule is Cc1c(N2C(=O)/C(=C/c3ccccc3C(=O)[O-])SC2=S)c(=O)n(-c2ccccc2)n1C. The van der Waals surface area contributed by atoms with Crippen molar-refractivity contribution in [3.8, 4) is 5.69 Å². The number of amides is 1. The molecule has 7 nitrogen and oxygen atoms in total. The fourth-order valence-electron chi connectivity index (χ4n) is 3.42. The Morgan fingerprint density at radius 3 is 2.39 bits per heavy atom. The van der Waals surface area contributed by atoms with E-state index in [4.69, 9.17) is 12.2 Å². The average molecular weight is 451 g/mol. The highest BCUT2D eigenvalue weighted by Crippen LogP contribution is 2.36. The number of rotatable bonds is 4.